The summed E-state index contributed by atoms with van der Waals surface area (Å²) < 4.78 is 12.8. The summed E-state index contributed by atoms with van der Waals surface area (Å²) >= 11 is 0. The van der Waals surface area contributed by atoms with E-state index in [0.717, 1.165) is 12.3 Å². The minimum absolute atomic E-state index is 0.0146. The lowest BCUT2D eigenvalue weighted by Crippen LogP contribution is -2.48. The van der Waals surface area contributed by atoms with Crippen molar-refractivity contribution in [1.82, 2.24) is 25.0 Å². The van der Waals surface area contributed by atoms with Crippen LogP contribution in [-0.4, -0.2) is 57.9 Å². The summed E-state index contributed by atoms with van der Waals surface area (Å²) in [5.41, 5.74) is 0. The number of morpholine rings is 1. The van der Waals surface area contributed by atoms with Gasteiger partial charge in [-0.2, -0.15) is 5.10 Å². The number of rotatable bonds is 6. The van der Waals surface area contributed by atoms with Crippen molar-refractivity contribution in [2.24, 2.45) is 0 Å². The number of amides is 1. The first kappa shape index (κ1) is 15.7. The first-order chi connectivity index (χ1) is 11.2. The van der Waals surface area contributed by atoms with E-state index in [1.807, 2.05) is 19.1 Å². The van der Waals surface area contributed by atoms with Crippen LogP contribution in [0, 0.1) is 0 Å². The highest BCUT2D eigenvalue weighted by molar-refractivity contribution is 5.78. The maximum absolute atomic E-state index is 12.2. The predicted octanol–water partition coefficient (Wildman–Crippen LogP) is 0.449. The quantitative estimate of drug-likeness (QED) is 0.832. The molecule has 2 atom stereocenters. The molecule has 0 unspecified atom stereocenters. The predicted molar refractivity (Wildman–Crippen MR) is 81.5 cm³/mol. The Balaban J connectivity index is 1.46. The number of hydrogen-bond donors (Lipinski definition) is 1. The lowest BCUT2D eigenvalue weighted by Gasteiger charge is -2.32. The highest BCUT2D eigenvalue weighted by Gasteiger charge is 2.23. The molecule has 23 heavy (non-hydrogen) atoms. The molecule has 1 aliphatic rings. The summed E-state index contributed by atoms with van der Waals surface area (Å²) in [6.07, 6.45) is 4.79. The first-order valence-corrected chi connectivity index (χ1v) is 7.70. The van der Waals surface area contributed by atoms with E-state index >= 15 is 0 Å². The Morgan fingerprint density at radius 2 is 2.48 bits per heavy atom. The third-order valence-corrected chi connectivity index (χ3v) is 3.79. The number of carbonyl (C=O) groups is 1. The van der Waals surface area contributed by atoms with Crippen LogP contribution in [-0.2, 0) is 16.1 Å². The van der Waals surface area contributed by atoms with Gasteiger partial charge in [0.25, 0.3) is 0 Å². The SMILES string of the molecule is C[C@H](NC(=O)CN1CCO[C@@H](Cn2cncn2)C1)c1ccco1. The van der Waals surface area contributed by atoms with Crippen LogP contribution in [0.2, 0.25) is 0 Å². The second-order valence-electron chi connectivity index (χ2n) is 5.65. The summed E-state index contributed by atoms with van der Waals surface area (Å²) in [5.74, 6) is 0.736. The van der Waals surface area contributed by atoms with Gasteiger partial charge >= 0.3 is 0 Å². The Bertz CT molecular complexity index is 599. The number of hydrogen-bond acceptors (Lipinski definition) is 6. The van der Waals surface area contributed by atoms with Gasteiger partial charge in [0.15, 0.2) is 0 Å². The number of furan rings is 1. The van der Waals surface area contributed by atoms with Crippen LogP contribution in [0.25, 0.3) is 0 Å². The second-order valence-corrected chi connectivity index (χ2v) is 5.65. The Labute approximate surface area is 134 Å². The zero-order valence-electron chi connectivity index (χ0n) is 13.1. The van der Waals surface area contributed by atoms with Gasteiger partial charge in [-0.3, -0.25) is 14.4 Å². The van der Waals surface area contributed by atoms with Crippen LogP contribution >= 0.6 is 0 Å². The van der Waals surface area contributed by atoms with Crippen molar-refractivity contribution < 1.29 is 13.9 Å². The van der Waals surface area contributed by atoms with Gasteiger partial charge in [-0.15, -0.1) is 0 Å². The molecule has 1 amide bonds. The molecule has 0 aromatic carbocycles. The minimum Gasteiger partial charge on any atom is -0.467 e. The molecule has 0 aliphatic carbocycles. The van der Waals surface area contributed by atoms with Crippen LogP contribution in [0.4, 0.5) is 0 Å². The molecule has 8 nitrogen and oxygen atoms in total. The number of carbonyl (C=O) groups excluding carboxylic acids is 1. The molecule has 2 aromatic heterocycles. The third kappa shape index (κ3) is 4.40. The molecule has 1 aliphatic heterocycles. The highest BCUT2D eigenvalue weighted by atomic mass is 16.5. The molecule has 2 aromatic rings. The first-order valence-electron chi connectivity index (χ1n) is 7.70. The van der Waals surface area contributed by atoms with E-state index in [0.29, 0.717) is 26.2 Å². The Kier molecular flexibility index (Phi) is 5.04. The van der Waals surface area contributed by atoms with Gasteiger partial charge in [0.2, 0.25) is 5.91 Å². The average Bonchev–Trinajstić information content (AvgIpc) is 3.20. The average molecular weight is 319 g/mol. The van der Waals surface area contributed by atoms with Crippen LogP contribution in [0.5, 0.6) is 0 Å². The molecule has 124 valence electrons. The maximum atomic E-state index is 12.2. The smallest absolute Gasteiger partial charge is 0.234 e. The molecule has 1 fully saturated rings. The van der Waals surface area contributed by atoms with E-state index in [1.165, 1.54) is 6.33 Å². The largest absolute Gasteiger partial charge is 0.467 e. The monoisotopic (exact) mass is 319 g/mol. The fourth-order valence-electron chi connectivity index (χ4n) is 2.67. The van der Waals surface area contributed by atoms with Gasteiger partial charge in [0.1, 0.15) is 18.4 Å². The topological polar surface area (TPSA) is 85.4 Å². The molecule has 0 bridgehead atoms. The zero-order chi connectivity index (χ0) is 16.1. The van der Waals surface area contributed by atoms with Crippen molar-refractivity contribution in [1.29, 1.82) is 0 Å². The van der Waals surface area contributed by atoms with E-state index in [4.69, 9.17) is 9.15 Å². The van der Waals surface area contributed by atoms with E-state index in [2.05, 4.69) is 20.3 Å². The molecule has 3 rings (SSSR count). The van der Waals surface area contributed by atoms with Crippen LogP contribution in [0.15, 0.2) is 35.5 Å². The van der Waals surface area contributed by atoms with Gasteiger partial charge in [0, 0.05) is 13.1 Å². The summed E-state index contributed by atoms with van der Waals surface area (Å²) in [5, 5.41) is 7.03. The standard InChI is InChI=1S/C15H21N5O3/c1-12(14-3-2-5-23-14)18-15(21)9-19-4-6-22-13(7-19)8-20-11-16-10-17-20/h2-3,5,10-13H,4,6-9H2,1H3,(H,18,21)/t12-,13+/m0/s1. The Hall–Kier alpha value is -2.19. The van der Waals surface area contributed by atoms with Gasteiger partial charge < -0.3 is 14.5 Å². The molecule has 0 spiro atoms. The summed E-state index contributed by atoms with van der Waals surface area (Å²) in [6, 6.07) is 3.53. The number of nitrogens with zero attached hydrogens (tertiary/aromatic N) is 4. The maximum Gasteiger partial charge on any atom is 0.234 e. The summed E-state index contributed by atoms with van der Waals surface area (Å²) in [4.78, 5) is 18.2. The Morgan fingerprint density at radius 1 is 1.57 bits per heavy atom. The van der Waals surface area contributed by atoms with Crippen LogP contribution in [0.1, 0.15) is 18.7 Å². The lowest BCUT2D eigenvalue weighted by atomic mass is 10.2. The minimum atomic E-state index is -0.135. The van der Waals surface area contributed by atoms with Gasteiger partial charge in [-0.25, -0.2) is 4.98 Å². The van der Waals surface area contributed by atoms with Crippen molar-refractivity contribution in [2.75, 3.05) is 26.2 Å². The molecular weight excluding hydrogens is 298 g/mol. The number of ether oxygens (including phenoxy) is 1. The zero-order valence-corrected chi connectivity index (χ0v) is 13.1. The van der Waals surface area contributed by atoms with Crippen LogP contribution < -0.4 is 5.32 Å². The van der Waals surface area contributed by atoms with Crippen LogP contribution in [0.3, 0.4) is 0 Å². The van der Waals surface area contributed by atoms with Crippen molar-refractivity contribution in [3.05, 3.63) is 36.8 Å². The molecule has 1 N–H and O–H groups in total. The van der Waals surface area contributed by atoms with Gasteiger partial charge in [-0.1, -0.05) is 0 Å². The van der Waals surface area contributed by atoms with E-state index in [1.54, 1.807) is 17.3 Å². The normalized spacial score (nSPS) is 20.3. The second kappa shape index (κ2) is 7.38. The van der Waals surface area contributed by atoms with Crippen molar-refractivity contribution in [3.63, 3.8) is 0 Å². The molecule has 8 heteroatoms. The van der Waals surface area contributed by atoms with E-state index in [9.17, 15) is 4.79 Å². The Morgan fingerprint density at radius 3 is 3.22 bits per heavy atom. The molecular formula is C15H21N5O3. The fourth-order valence-corrected chi connectivity index (χ4v) is 2.67. The summed E-state index contributed by atoms with van der Waals surface area (Å²) in [7, 11) is 0. The molecule has 1 saturated heterocycles. The van der Waals surface area contributed by atoms with E-state index < -0.39 is 0 Å². The van der Waals surface area contributed by atoms with E-state index in [-0.39, 0.29) is 18.1 Å². The highest BCUT2D eigenvalue weighted by Crippen LogP contribution is 2.12. The summed E-state index contributed by atoms with van der Waals surface area (Å²) in [6.45, 7) is 4.95. The third-order valence-electron chi connectivity index (χ3n) is 3.79. The van der Waals surface area contributed by atoms with Gasteiger partial charge in [0.05, 0.1) is 38.1 Å². The molecule has 0 radical (unpaired) electrons. The molecule has 0 saturated carbocycles. The van der Waals surface area contributed by atoms with Crippen molar-refractivity contribution >= 4 is 5.91 Å². The number of nitrogens with one attached hydrogen (secondary N) is 1. The van der Waals surface area contributed by atoms with Gasteiger partial charge in [-0.05, 0) is 19.1 Å². The van der Waals surface area contributed by atoms with Crippen molar-refractivity contribution in [2.45, 2.75) is 25.6 Å². The fraction of sp³-hybridized carbons (Fsp3) is 0.533. The lowest BCUT2D eigenvalue weighted by molar-refractivity contribution is -0.125. The number of aromatic nitrogens is 3. The van der Waals surface area contributed by atoms with Crippen molar-refractivity contribution in [3.8, 4) is 0 Å². The molecule has 3 heterocycles.